The number of nitrogens with one attached hydrogen (secondary N) is 1. The van der Waals surface area contributed by atoms with Crippen LogP contribution in [-0.4, -0.2) is 15.0 Å². The number of benzene rings is 1. The number of sulfonamides is 1. The first kappa shape index (κ1) is 16.7. The third-order valence-electron chi connectivity index (χ3n) is 3.23. The molecular formula is C14H22BrNO2S. The van der Waals surface area contributed by atoms with E-state index in [2.05, 4.69) is 34.5 Å². The standard InChI is InChI=1S/C14H22BrNO2S/c1-3-5-8-12(4-2)11-16-19(17,18)14-10-7-6-9-13(14)15/h6-7,9-10,12,16H,3-5,8,11H2,1-2H3. The molecule has 1 unspecified atom stereocenters. The maximum absolute atomic E-state index is 12.2. The molecule has 1 aromatic rings. The summed E-state index contributed by atoms with van der Waals surface area (Å²) in [5, 5.41) is 0. The van der Waals surface area contributed by atoms with Gasteiger partial charge in [-0.25, -0.2) is 13.1 Å². The van der Waals surface area contributed by atoms with Gasteiger partial charge < -0.3 is 0 Å². The number of hydrogen-bond acceptors (Lipinski definition) is 2. The maximum Gasteiger partial charge on any atom is 0.241 e. The summed E-state index contributed by atoms with van der Waals surface area (Å²) in [7, 11) is -3.42. The second-order valence-electron chi connectivity index (χ2n) is 4.70. The van der Waals surface area contributed by atoms with E-state index in [1.54, 1.807) is 24.3 Å². The second-order valence-corrected chi connectivity index (χ2v) is 7.29. The van der Waals surface area contributed by atoms with Crippen LogP contribution in [0.15, 0.2) is 33.6 Å². The molecule has 1 rings (SSSR count). The van der Waals surface area contributed by atoms with E-state index < -0.39 is 10.0 Å². The van der Waals surface area contributed by atoms with Gasteiger partial charge in [-0.15, -0.1) is 0 Å². The molecule has 0 heterocycles. The fourth-order valence-corrected chi connectivity index (χ4v) is 4.03. The zero-order chi connectivity index (χ0) is 14.3. The predicted octanol–water partition coefficient (Wildman–Crippen LogP) is 3.94. The molecule has 0 aromatic heterocycles. The zero-order valence-corrected chi connectivity index (χ0v) is 13.9. The lowest BCUT2D eigenvalue weighted by Crippen LogP contribution is -2.29. The molecule has 1 aromatic carbocycles. The van der Waals surface area contributed by atoms with Crippen LogP contribution < -0.4 is 4.72 Å². The highest BCUT2D eigenvalue weighted by Crippen LogP contribution is 2.21. The third-order valence-corrected chi connectivity index (χ3v) is 5.67. The molecule has 108 valence electrons. The summed E-state index contributed by atoms with van der Waals surface area (Å²) in [6.45, 7) is 4.77. The van der Waals surface area contributed by atoms with Crippen LogP contribution in [0.3, 0.4) is 0 Å². The first-order chi connectivity index (χ1) is 9.01. The summed E-state index contributed by atoms with van der Waals surface area (Å²) in [4.78, 5) is 0.306. The minimum atomic E-state index is -3.42. The summed E-state index contributed by atoms with van der Waals surface area (Å²) >= 11 is 3.28. The van der Waals surface area contributed by atoms with Crippen molar-refractivity contribution >= 4 is 26.0 Å². The number of halogens is 1. The minimum absolute atomic E-state index is 0.306. The van der Waals surface area contributed by atoms with Crippen LogP contribution >= 0.6 is 15.9 Å². The summed E-state index contributed by atoms with van der Waals surface area (Å²) in [5.74, 6) is 0.414. The fourth-order valence-electron chi connectivity index (χ4n) is 1.91. The summed E-state index contributed by atoms with van der Waals surface area (Å²) < 4.78 is 27.7. The highest BCUT2D eigenvalue weighted by molar-refractivity contribution is 9.10. The molecule has 1 N–H and O–H groups in total. The van der Waals surface area contributed by atoms with Gasteiger partial charge in [-0.1, -0.05) is 45.2 Å². The van der Waals surface area contributed by atoms with Crippen LogP contribution in [0.4, 0.5) is 0 Å². The van der Waals surface area contributed by atoms with E-state index in [0.717, 1.165) is 25.7 Å². The van der Waals surface area contributed by atoms with Crippen molar-refractivity contribution in [2.75, 3.05) is 6.54 Å². The van der Waals surface area contributed by atoms with Crippen LogP contribution in [0, 0.1) is 5.92 Å². The Labute approximate surface area is 125 Å². The van der Waals surface area contributed by atoms with Crippen molar-refractivity contribution in [1.29, 1.82) is 0 Å². The third kappa shape index (κ3) is 5.24. The molecule has 0 spiro atoms. The van der Waals surface area contributed by atoms with Crippen molar-refractivity contribution in [2.45, 2.75) is 44.4 Å². The van der Waals surface area contributed by atoms with E-state index in [-0.39, 0.29) is 0 Å². The van der Waals surface area contributed by atoms with Crippen LogP contribution in [0.5, 0.6) is 0 Å². The molecule has 0 saturated carbocycles. The van der Waals surface area contributed by atoms with E-state index in [1.165, 1.54) is 0 Å². The van der Waals surface area contributed by atoms with Gasteiger partial charge >= 0.3 is 0 Å². The van der Waals surface area contributed by atoms with Gasteiger partial charge in [-0.3, -0.25) is 0 Å². The van der Waals surface area contributed by atoms with Crippen molar-refractivity contribution in [3.05, 3.63) is 28.7 Å². The Morgan fingerprint density at radius 3 is 2.53 bits per heavy atom. The minimum Gasteiger partial charge on any atom is -0.211 e. The zero-order valence-electron chi connectivity index (χ0n) is 11.5. The van der Waals surface area contributed by atoms with Crippen molar-refractivity contribution in [3.63, 3.8) is 0 Å². The van der Waals surface area contributed by atoms with Gasteiger partial charge in [0.1, 0.15) is 0 Å². The van der Waals surface area contributed by atoms with Gasteiger partial charge in [0.2, 0.25) is 10.0 Å². The van der Waals surface area contributed by atoms with Gasteiger partial charge in [0.15, 0.2) is 0 Å². The van der Waals surface area contributed by atoms with Crippen molar-refractivity contribution < 1.29 is 8.42 Å². The Bertz CT molecular complexity index is 488. The van der Waals surface area contributed by atoms with Crippen molar-refractivity contribution in [2.24, 2.45) is 5.92 Å². The Morgan fingerprint density at radius 1 is 1.26 bits per heavy atom. The summed E-state index contributed by atoms with van der Waals surface area (Å²) in [5.41, 5.74) is 0. The molecule has 3 nitrogen and oxygen atoms in total. The predicted molar refractivity (Wildman–Crippen MR) is 82.6 cm³/mol. The Kier molecular flexibility index (Phi) is 7.04. The molecule has 0 aliphatic rings. The van der Waals surface area contributed by atoms with E-state index in [4.69, 9.17) is 0 Å². The average molecular weight is 348 g/mol. The quantitative estimate of drug-likeness (QED) is 0.773. The largest absolute Gasteiger partial charge is 0.241 e. The number of unbranched alkanes of at least 4 members (excludes halogenated alkanes) is 1. The molecule has 0 aliphatic heterocycles. The molecule has 0 aliphatic carbocycles. The Hall–Kier alpha value is -0.390. The molecule has 0 radical (unpaired) electrons. The summed E-state index contributed by atoms with van der Waals surface area (Å²) in [6, 6.07) is 6.88. The van der Waals surface area contributed by atoms with Gasteiger partial charge in [0.25, 0.3) is 0 Å². The molecule has 1 atom stereocenters. The highest BCUT2D eigenvalue weighted by atomic mass is 79.9. The van der Waals surface area contributed by atoms with Crippen LogP contribution in [0.25, 0.3) is 0 Å². The van der Waals surface area contributed by atoms with Crippen molar-refractivity contribution in [1.82, 2.24) is 4.72 Å². The number of hydrogen-bond donors (Lipinski definition) is 1. The molecule has 0 bridgehead atoms. The molecule has 0 amide bonds. The van der Waals surface area contributed by atoms with E-state index >= 15 is 0 Å². The Morgan fingerprint density at radius 2 is 1.95 bits per heavy atom. The monoisotopic (exact) mass is 347 g/mol. The van der Waals surface area contributed by atoms with Crippen LogP contribution in [0.1, 0.15) is 39.5 Å². The topological polar surface area (TPSA) is 46.2 Å². The number of rotatable bonds is 8. The highest BCUT2D eigenvalue weighted by Gasteiger charge is 2.18. The van der Waals surface area contributed by atoms with Gasteiger partial charge in [0, 0.05) is 11.0 Å². The van der Waals surface area contributed by atoms with Crippen molar-refractivity contribution in [3.8, 4) is 0 Å². The maximum atomic E-state index is 12.2. The van der Waals surface area contributed by atoms with Gasteiger partial charge in [-0.05, 0) is 40.4 Å². The fraction of sp³-hybridized carbons (Fsp3) is 0.571. The lowest BCUT2D eigenvalue weighted by Gasteiger charge is -2.15. The molecule has 0 saturated heterocycles. The lowest BCUT2D eigenvalue weighted by atomic mass is 10.00. The summed E-state index contributed by atoms with van der Waals surface area (Å²) in [6.07, 6.45) is 4.37. The normalized spacial score (nSPS) is 13.4. The Balaban J connectivity index is 2.67. The van der Waals surface area contributed by atoms with Crippen LogP contribution in [0.2, 0.25) is 0 Å². The lowest BCUT2D eigenvalue weighted by molar-refractivity contribution is 0.443. The molecule has 5 heteroatoms. The molecule has 19 heavy (non-hydrogen) atoms. The average Bonchev–Trinajstić information content (AvgIpc) is 2.39. The molecular weight excluding hydrogens is 326 g/mol. The van der Waals surface area contributed by atoms with Gasteiger partial charge in [-0.2, -0.15) is 0 Å². The van der Waals surface area contributed by atoms with E-state index in [1.807, 2.05) is 0 Å². The molecule has 0 fully saturated rings. The second kappa shape index (κ2) is 8.02. The first-order valence-corrected chi connectivity index (χ1v) is 9.03. The van der Waals surface area contributed by atoms with Gasteiger partial charge in [0.05, 0.1) is 4.90 Å². The smallest absolute Gasteiger partial charge is 0.211 e. The first-order valence-electron chi connectivity index (χ1n) is 6.75. The van der Waals surface area contributed by atoms with Crippen LogP contribution in [-0.2, 0) is 10.0 Å². The van der Waals surface area contributed by atoms with E-state index in [9.17, 15) is 8.42 Å². The van der Waals surface area contributed by atoms with E-state index in [0.29, 0.717) is 21.8 Å². The SMILES string of the molecule is CCCCC(CC)CNS(=O)(=O)c1ccccc1Br.